The zero-order valence-electron chi connectivity index (χ0n) is 23.0. The first-order chi connectivity index (χ1) is 19.9. The summed E-state index contributed by atoms with van der Waals surface area (Å²) in [5.74, 6) is 2.12. The number of thioether (sulfide) groups is 1. The Morgan fingerprint density at radius 2 is 1.52 bits per heavy atom. The van der Waals surface area contributed by atoms with Crippen molar-refractivity contribution in [2.24, 2.45) is 0 Å². The first-order valence-electron chi connectivity index (χ1n) is 13.4. The average Bonchev–Trinajstić information content (AvgIpc) is 3.26. The SMILES string of the molecule is CC(=O)N1CCN(CCCOc2ccc(N3C(=O)C(=Cc4ccc(Oc5ccc(Cl)cc5)cc4)SC3=S)cc2)CC1.Cl. The first-order valence-corrected chi connectivity index (χ1v) is 15.0. The van der Waals surface area contributed by atoms with E-state index in [0.29, 0.717) is 38.0 Å². The molecule has 0 N–H and O–H groups in total. The van der Waals surface area contributed by atoms with E-state index in [9.17, 15) is 9.59 Å². The molecule has 0 aromatic heterocycles. The third-order valence-electron chi connectivity index (χ3n) is 6.82. The highest BCUT2D eigenvalue weighted by atomic mass is 35.5. The fourth-order valence-electron chi connectivity index (χ4n) is 4.57. The van der Waals surface area contributed by atoms with Gasteiger partial charge in [0.15, 0.2) is 4.32 Å². The van der Waals surface area contributed by atoms with Gasteiger partial charge >= 0.3 is 0 Å². The average molecular weight is 645 g/mol. The molecule has 3 aromatic carbocycles. The second-order valence-electron chi connectivity index (χ2n) is 9.69. The van der Waals surface area contributed by atoms with Crippen LogP contribution in [0.2, 0.25) is 5.02 Å². The largest absolute Gasteiger partial charge is 0.494 e. The number of nitrogens with zero attached hydrogens (tertiary/aromatic N) is 3. The van der Waals surface area contributed by atoms with Gasteiger partial charge in [0.1, 0.15) is 17.2 Å². The minimum Gasteiger partial charge on any atom is -0.494 e. The van der Waals surface area contributed by atoms with E-state index in [1.807, 2.05) is 71.6 Å². The van der Waals surface area contributed by atoms with Crippen molar-refractivity contribution < 1.29 is 19.1 Å². The van der Waals surface area contributed by atoms with Gasteiger partial charge in [0, 0.05) is 44.7 Å². The van der Waals surface area contributed by atoms with Crippen LogP contribution in [0.1, 0.15) is 18.9 Å². The van der Waals surface area contributed by atoms with Crippen LogP contribution in [0.25, 0.3) is 6.08 Å². The number of hydrogen-bond acceptors (Lipinski definition) is 7. The maximum atomic E-state index is 13.2. The second-order valence-corrected chi connectivity index (χ2v) is 11.8. The fraction of sp³-hybridized carbons (Fsp3) is 0.258. The summed E-state index contributed by atoms with van der Waals surface area (Å²) in [5, 5.41) is 0.651. The molecule has 2 aliphatic rings. The van der Waals surface area contributed by atoms with Crippen LogP contribution in [0.3, 0.4) is 0 Å². The van der Waals surface area contributed by atoms with E-state index in [0.717, 1.165) is 50.5 Å². The molecule has 220 valence electrons. The summed E-state index contributed by atoms with van der Waals surface area (Å²) in [6.45, 7) is 6.53. The molecule has 5 rings (SSSR count). The smallest absolute Gasteiger partial charge is 0.270 e. The predicted molar refractivity (Wildman–Crippen MR) is 176 cm³/mol. The second kappa shape index (κ2) is 14.9. The molecule has 2 fully saturated rings. The number of ether oxygens (including phenoxy) is 2. The predicted octanol–water partition coefficient (Wildman–Crippen LogP) is 6.89. The molecular formula is C31H31Cl2N3O4S2. The number of rotatable bonds is 9. The third-order valence-corrected chi connectivity index (χ3v) is 8.37. The zero-order chi connectivity index (χ0) is 28.8. The lowest BCUT2D eigenvalue weighted by Gasteiger charge is -2.34. The molecular weight excluding hydrogens is 613 g/mol. The van der Waals surface area contributed by atoms with Crippen LogP contribution < -0.4 is 14.4 Å². The molecule has 2 saturated heterocycles. The van der Waals surface area contributed by atoms with Crippen molar-refractivity contribution in [1.29, 1.82) is 0 Å². The van der Waals surface area contributed by atoms with Gasteiger partial charge in [-0.05, 0) is 78.7 Å². The lowest BCUT2D eigenvalue weighted by atomic mass is 10.2. The zero-order valence-corrected chi connectivity index (χ0v) is 26.2. The Hall–Kier alpha value is -3.08. The van der Waals surface area contributed by atoms with E-state index in [2.05, 4.69) is 4.90 Å². The van der Waals surface area contributed by atoms with E-state index in [1.54, 1.807) is 24.0 Å². The van der Waals surface area contributed by atoms with Crippen molar-refractivity contribution in [3.8, 4) is 17.2 Å². The van der Waals surface area contributed by atoms with Gasteiger partial charge in [0.2, 0.25) is 5.91 Å². The normalized spacial score (nSPS) is 16.5. The number of halogens is 2. The highest BCUT2D eigenvalue weighted by Crippen LogP contribution is 2.37. The van der Waals surface area contributed by atoms with Crippen molar-refractivity contribution in [3.05, 3.63) is 88.3 Å². The lowest BCUT2D eigenvalue weighted by molar-refractivity contribution is -0.130. The lowest BCUT2D eigenvalue weighted by Crippen LogP contribution is -2.48. The minimum atomic E-state index is -0.153. The van der Waals surface area contributed by atoms with Crippen LogP contribution in [0, 0.1) is 0 Å². The number of hydrogen-bond donors (Lipinski definition) is 0. The van der Waals surface area contributed by atoms with Crippen molar-refractivity contribution in [2.75, 3.05) is 44.2 Å². The minimum absolute atomic E-state index is 0. The summed E-state index contributed by atoms with van der Waals surface area (Å²) in [6.07, 6.45) is 2.73. The maximum Gasteiger partial charge on any atom is 0.270 e. The Bertz CT molecular complexity index is 1430. The molecule has 0 radical (unpaired) electrons. The van der Waals surface area contributed by atoms with Gasteiger partial charge in [-0.2, -0.15) is 0 Å². The van der Waals surface area contributed by atoms with Crippen molar-refractivity contribution in [1.82, 2.24) is 9.80 Å². The summed E-state index contributed by atoms with van der Waals surface area (Å²) in [5.41, 5.74) is 1.58. The Kier molecular flexibility index (Phi) is 11.3. The van der Waals surface area contributed by atoms with Crippen LogP contribution in [-0.2, 0) is 9.59 Å². The van der Waals surface area contributed by atoms with Gasteiger partial charge in [-0.1, -0.05) is 47.7 Å². The van der Waals surface area contributed by atoms with Gasteiger partial charge in [-0.25, -0.2) is 0 Å². The Morgan fingerprint density at radius 3 is 2.14 bits per heavy atom. The number of piperazine rings is 1. The quantitative estimate of drug-likeness (QED) is 0.143. The van der Waals surface area contributed by atoms with Crippen LogP contribution in [0.4, 0.5) is 5.69 Å². The number of thiocarbonyl (C=S) groups is 1. The number of amides is 2. The molecule has 7 nitrogen and oxygen atoms in total. The topological polar surface area (TPSA) is 62.3 Å². The molecule has 2 heterocycles. The monoisotopic (exact) mass is 643 g/mol. The van der Waals surface area contributed by atoms with E-state index >= 15 is 0 Å². The van der Waals surface area contributed by atoms with Gasteiger partial charge < -0.3 is 14.4 Å². The maximum absolute atomic E-state index is 13.2. The summed E-state index contributed by atoms with van der Waals surface area (Å²) in [6, 6.07) is 22.1. The summed E-state index contributed by atoms with van der Waals surface area (Å²) < 4.78 is 12.3. The van der Waals surface area contributed by atoms with E-state index < -0.39 is 0 Å². The molecule has 2 amide bonds. The molecule has 0 atom stereocenters. The van der Waals surface area contributed by atoms with Crippen LogP contribution in [-0.4, -0.2) is 65.3 Å². The number of carbonyl (C=O) groups excluding carboxylic acids is 2. The number of anilines is 1. The van der Waals surface area contributed by atoms with Crippen LogP contribution in [0.15, 0.2) is 77.7 Å². The van der Waals surface area contributed by atoms with Crippen LogP contribution in [0.5, 0.6) is 17.2 Å². The van der Waals surface area contributed by atoms with Crippen molar-refractivity contribution in [2.45, 2.75) is 13.3 Å². The summed E-state index contributed by atoms with van der Waals surface area (Å²) >= 11 is 12.8. The van der Waals surface area contributed by atoms with Gasteiger partial charge in [-0.15, -0.1) is 12.4 Å². The first kappa shape index (κ1) is 31.8. The summed E-state index contributed by atoms with van der Waals surface area (Å²) in [4.78, 5) is 31.0. The van der Waals surface area contributed by atoms with Gasteiger partial charge in [0.05, 0.1) is 17.2 Å². The van der Waals surface area contributed by atoms with Crippen molar-refractivity contribution in [3.63, 3.8) is 0 Å². The number of carbonyl (C=O) groups is 2. The number of benzene rings is 3. The summed E-state index contributed by atoms with van der Waals surface area (Å²) in [7, 11) is 0. The molecule has 0 bridgehead atoms. The van der Waals surface area contributed by atoms with E-state index in [1.165, 1.54) is 11.8 Å². The molecule has 0 aliphatic carbocycles. The highest BCUT2D eigenvalue weighted by molar-refractivity contribution is 8.27. The fourth-order valence-corrected chi connectivity index (χ4v) is 5.99. The Labute approximate surface area is 266 Å². The Balaban J connectivity index is 0.00000405. The molecule has 3 aromatic rings. The molecule has 0 spiro atoms. The third kappa shape index (κ3) is 8.26. The van der Waals surface area contributed by atoms with Gasteiger partial charge in [-0.3, -0.25) is 19.4 Å². The van der Waals surface area contributed by atoms with E-state index in [4.69, 9.17) is 33.3 Å². The molecule has 2 aliphatic heterocycles. The highest BCUT2D eigenvalue weighted by Gasteiger charge is 2.33. The van der Waals surface area contributed by atoms with E-state index in [-0.39, 0.29) is 24.2 Å². The standard InChI is InChI=1S/C31H30ClN3O4S2.ClH/c1-22(36)34-18-16-33(17-19-34)15-2-20-38-26-13-7-25(8-14-26)35-30(37)29(41-31(35)40)21-23-3-9-27(10-4-23)39-28-11-5-24(32)6-12-28;/h3-14,21H,2,15-20H2,1H3;1H. The Morgan fingerprint density at radius 1 is 0.929 bits per heavy atom. The molecule has 0 saturated carbocycles. The molecule has 0 unspecified atom stereocenters. The van der Waals surface area contributed by atoms with Crippen LogP contribution >= 0.6 is 48.0 Å². The molecule has 11 heteroatoms. The van der Waals surface area contributed by atoms with Crippen molar-refractivity contribution >= 4 is 75.9 Å². The molecule has 42 heavy (non-hydrogen) atoms. The van der Waals surface area contributed by atoms with Gasteiger partial charge in [0.25, 0.3) is 5.91 Å².